The van der Waals surface area contributed by atoms with Crippen LogP contribution in [0, 0.1) is 13.8 Å². The van der Waals surface area contributed by atoms with E-state index in [9.17, 15) is 8.42 Å². The number of hydrogen-bond acceptors (Lipinski definition) is 3. The van der Waals surface area contributed by atoms with Crippen molar-refractivity contribution >= 4 is 21.6 Å². The predicted octanol–water partition coefficient (Wildman–Crippen LogP) is 2.98. The van der Waals surface area contributed by atoms with E-state index in [-0.39, 0.29) is 5.75 Å². The van der Waals surface area contributed by atoms with Gasteiger partial charge in [-0.3, -0.25) is 4.68 Å². The van der Waals surface area contributed by atoms with Crippen molar-refractivity contribution < 1.29 is 8.42 Å². The molecule has 23 heavy (non-hydrogen) atoms. The molecule has 1 heterocycles. The van der Waals surface area contributed by atoms with Crippen LogP contribution in [0.25, 0.3) is 0 Å². The zero-order chi connectivity index (χ0) is 17.2. The summed E-state index contributed by atoms with van der Waals surface area (Å²) in [6, 6.07) is 7.65. The molecule has 1 aromatic carbocycles. The number of aryl methyl sites for hydroxylation is 1. The minimum Gasteiger partial charge on any atom is -0.265 e. The van der Waals surface area contributed by atoms with Crippen LogP contribution >= 0.6 is 11.6 Å². The van der Waals surface area contributed by atoms with E-state index in [0.29, 0.717) is 18.1 Å². The summed E-state index contributed by atoms with van der Waals surface area (Å²) < 4.78 is 27.2. The van der Waals surface area contributed by atoms with Gasteiger partial charge in [0.1, 0.15) is 0 Å². The van der Waals surface area contributed by atoms with Crippen molar-refractivity contribution in [2.45, 2.75) is 33.9 Å². The Morgan fingerprint density at radius 3 is 2.52 bits per heavy atom. The molecular weight excluding hydrogens is 334 g/mol. The first kappa shape index (κ1) is 18.0. The first-order valence-electron chi connectivity index (χ1n) is 7.46. The fourth-order valence-electron chi connectivity index (χ4n) is 2.45. The van der Waals surface area contributed by atoms with Crippen molar-refractivity contribution in [3.8, 4) is 0 Å². The summed E-state index contributed by atoms with van der Waals surface area (Å²) in [6.45, 7) is 6.40. The van der Waals surface area contributed by atoms with Gasteiger partial charge in [-0.1, -0.05) is 29.8 Å². The smallest absolute Gasteiger partial charge is 0.213 e. The lowest BCUT2D eigenvalue weighted by Crippen LogP contribution is -2.28. The van der Waals surface area contributed by atoms with Crippen LogP contribution in [-0.4, -0.2) is 35.3 Å². The maximum atomic E-state index is 11.9. The fraction of sp³-hybridized carbons (Fsp3) is 0.438. The van der Waals surface area contributed by atoms with Gasteiger partial charge < -0.3 is 0 Å². The maximum Gasteiger partial charge on any atom is 0.213 e. The van der Waals surface area contributed by atoms with Crippen molar-refractivity contribution in [3.63, 3.8) is 0 Å². The van der Waals surface area contributed by atoms with Gasteiger partial charge in [0.25, 0.3) is 0 Å². The average molecular weight is 356 g/mol. The van der Waals surface area contributed by atoms with Gasteiger partial charge in [0.15, 0.2) is 0 Å². The topological polar surface area (TPSA) is 55.2 Å². The molecule has 5 nitrogen and oxygen atoms in total. The predicted molar refractivity (Wildman–Crippen MR) is 93.2 cm³/mol. The Kier molecular flexibility index (Phi) is 5.49. The van der Waals surface area contributed by atoms with Gasteiger partial charge in [-0.15, -0.1) is 0 Å². The molecule has 0 N–H and O–H groups in total. The highest BCUT2D eigenvalue weighted by Crippen LogP contribution is 2.21. The SMILES string of the molecule is CCS(=O)(=O)N(C)Cc1c(C)nn(Cc2ccccc2Cl)c1C. The standard InChI is InChI=1S/C16H22ClN3O2S/c1-5-23(21,22)19(4)11-15-12(2)18-20(13(15)3)10-14-8-6-7-9-16(14)17/h6-9H,5,10-11H2,1-4H3. The lowest BCUT2D eigenvalue weighted by atomic mass is 10.2. The Bertz CT molecular complexity index is 800. The molecule has 0 saturated heterocycles. The molecule has 2 rings (SSSR count). The summed E-state index contributed by atoms with van der Waals surface area (Å²) in [6.07, 6.45) is 0. The molecule has 1 aromatic heterocycles. The van der Waals surface area contributed by atoms with Gasteiger partial charge in [-0.05, 0) is 32.4 Å². The van der Waals surface area contributed by atoms with Crippen LogP contribution < -0.4 is 0 Å². The van der Waals surface area contributed by atoms with Gasteiger partial charge in [0.2, 0.25) is 10.0 Å². The quantitative estimate of drug-likeness (QED) is 0.800. The molecule has 0 atom stereocenters. The molecule has 0 saturated carbocycles. The first-order chi connectivity index (χ1) is 10.8. The van der Waals surface area contributed by atoms with Crippen LogP contribution in [0.3, 0.4) is 0 Å². The van der Waals surface area contributed by atoms with Gasteiger partial charge >= 0.3 is 0 Å². The second-order valence-electron chi connectivity index (χ2n) is 5.56. The molecule has 2 aromatic rings. The minimum atomic E-state index is -3.21. The third kappa shape index (κ3) is 3.94. The molecule has 0 aliphatic rings. The number of hydrogen-bond donors (Lipinski definition) is 0. The Morgan fingerprint density at radius 2 is 1.91 bits per heavy atom. The Morgan fingerprint density at radius 1 is 1.26 bits per heavy atom. The van der Waals surface area contributed by atoms with Crippen LogP contribution in [0.5, 0.6) is 0 Å². The number of aromatic nitrogens is 2. The highest BCUT2D eigenvalue weighted by molar-refractivity contribution is 7.89. The normalized spacial score (nSPS) is 12.1. The Balaban J connectivity index is 2.28. The molecule has 0 amide bonds. The molecular formula is C16H22ClN3O2S. The number of rotatable bonds is 6. The van der Waals surface area contributed by atoms with Crippen LogP contribution in [0.4, 0.5) is 0 Å². The first-order valence-corrected chi connectivity index (χ1v) is 9.45. The third-order valence-electron chi connectivity index (χ3n) is 4.03. The molecule has 0 fully saturated rings. The highest BCUT2D eigenvalue weighted by atomic mass is 35.5. The van der Waals surface area contributed by atoms with Gasteiger partial charge in [0.05, 0.1) is 18.0 Å². The second-order valence-corrected chi connectivity index (χ2v) is 8.33. The lowest BCUT2D eigenvalue weighted by molar-refractivity contribution is 0.466. The van der Waals surface area contributed by atoms with E-state index >= 15 is 0 Å². The van der Waals surface area contributed by atoms with Gasteiger partial charge in [-0.2, -0.15) is 5.10 Å². The van der Waals surface area contributed by atoms with Crippen LogP contribution in [-0.2, 0) is 23.1 Å². The lowest BCUT2D eigenvalue weighted by Gasteiger charge is -2.16. The van der Waals surface area contributed by atoms with E-state index in [2.05, 4.69) is 5.10 Å². The number of sulfonamides is 1. The van der Waals surface area contributed by atoms with E-state index in [1.165, 1.54) is 4.31 Å². The monoisotopic (exact) mass is 355 g/mol. The summed E-state index contributed by atoms with van der Waals surface area (Å²) in [5.74, 6) is 0.0926. The molecule has 7 heteroatoms. The molecule has 0 radical (unpaired) electrons. The summed E-state index contributed by atoms with van der Waals surface area (Å²) in [5.41, 5.74) is 3.73. The average Bonchev–Trinajstić information content (AvgIpc) is 2.77. The highest BCUT2D eigenvalue weighted by Gasteiger charge is 2.20. The van der Waals surface area contributed by atoms with Crippen molar-refractivity contribution in [1.82, 2.24) is 14.1 Å². The van der Waals surface area contributed by atoms with Crippen LogP contribution in [0.1, 0.15) is 29.4 Å². The molecule has 0 unspecified atom stereocenters. The molecule has 0 spiro atoms. The Labute approximate surface area is 142 Å². The molecule has 0 aliphatic carbocycles. The van der Waals surface area contributed by atoms with E-state index < -0.39 is 10.0 Å². The Hall–Kier alpha value is -1.37. The summed E-state index contributed by atoms with van der Waals surface area (Å²) >= 11 is 6.21. The number of nitrogens with zero attached hydrogens (tertiary/aromatic N) is 3. The third-order valence-corrected chi connectivity index (χ3v) is 6.21. The van der Waals surface area contributed by atoms with Crippen molar-refractivity contribution in [1.29, 1.82) is 0 Å². The van der Waals surface area contributed by atoms with Gasteiger partial charge in [0, 0.05) is 29.9 Å². The van der Waals surface area contributed by atoms with Crippen molar-refractivity contribution in [2.75, 3.05) is 12.8 Å². The maximum absolute atomic E-state index is 11.9. The number of halogens is 1. The summed E-state index contributed by atoms with van der Waals surface area (Å²) in [4.78, 5) is 0. The molecule has 0 bridgehead atoms. The van der Waals surface area contributed by atoms with Crippen molar-refractivity contribution in [2.24, 2.45) is 0 Å². The zero-order valence-corrected chi connectivity index (χ0v) is 15.4. The van der Waals surface area contributed by atoms with E-state index in [1.54, 1.807) is 14.0 Å². The molecule has 126 valence electrons. The molecule has 0 aliphatic heterocycles. The largest absolute Gasteiger partial charge is 0.265 e. The number of benzene rings is 1. The van der Waals surface area contributed by atoms with Crippen LogP contribution in [0.15, 0.2) is 24.3 Å². The van der Waals surface area contributed by atoms with Crippen LogP contribution in [0.2, 0.25) is 5.02 Å². The van der Waals surface area contributed by atoms with E-state index in [4.69, 9.17) is 11.6 Å². The fourth-order valence-corrected chi connectivity index (χ4v) is 3.41. The van der Waals surface area contributed by atoms with E-state index in [0.717, 1.165) is 22.5 Å². The zero-order valence-electron chi connectivity index (χ0n) is 13.9. The summed E-state index contributed by atoms with van der Waals surface area (Å²) in [5, 5.41) is 5.25. The van der Waals surface area contributed by atoms with Gasteiger partial charge in [-0.25, -0.2) is 12.7 Å². The second kappa shape index (κ2) is 7.03. The minimum absolute atomic E-state index is 0.0926. The van der Waals surface area contributed by atoms with E-state index in [1.807, 2.05) is 42.8 Å². The van der Waals surface area contributed by atoms with Crippen molar-refractivity contribution in [3.05, 3.63) is 51.8 Å². The summed E-state index contributed by atoms with van der Waals surface area (Å²) in [7, 11) is -1.61.